The molecule has 0 bridgehead atoms. The Morgan fingerprint density at radius 3 is 2.53 bits per heavy atom. The molecule has 0 aromatic carbocycles. The molecular formula is C20H28F3N3O6. The minimum atomic E-state index is -5.08. The number of fused-ring (bicyclic) bond motifs is 1. The lowest BCUT2D eigenvalue weighted by Gasteiger charge is -2.38. The molecule has 3 fully saturated rings. The first-order chi connectivity index (χ1) is 15.1. The Hall–Kier alpha value is -2.18. The molecule has 9 nitrogen and oxygen atoms in total. The summed E-state index contributed by atoms with van der Waals surface area (Å²) in [4.78, 5) is 25.4. The fourth-order valence-electron chi connectivity index (χ4n) is 4.30. The standard InChI is InChI=1S/C18H27N3O4.C2HF3O2/c1-13-10-14(19-25-13)11-21-8-9-23-18-15(21)4-5-16(18)24-12-17(22)20-6-2-3-7-20;3-2(4,5)1(6)7/h10,15-16,18H,2-9,11-12H2,1H3;(H,6,7)/t15-,16+,18+;/m0./s1. The molecule has 2 saturated heterocycles. The van der Waals surface area contributed by atoms with Crippen molar-refractivity contribution < 1.29 is 41.9 Å². The van der Waals surface area contributed by atoms with Gasteiger partial charge in [-0.3, -0.25) is 9.69 Å². The molecule has 180 valence electrons. The number of aromatic nitrogens is 1. The van der Waals surface area contributed by atoms with Crippen LogP contribution >= 0.6 is 0 Å². The molecule has 0 spiro atoms. The molecule has 3 aliphatic rings. The number of aliphatic carboxylic acids is 1. The number of carbonyl (C=O) groups is 2. The number of ether oxygens (including phenoxy) is 2. The van der Waals surface area contributed by atoms with Crippen molar-refractivity contribution in [2.75, 3.05) is 32.8 Å². The number of carbonyl (C=O) groups excluding carboxylic acids is 1. The van der Waals surface area contributed by atoms with E-state index in [1.165, 1.54) is 0 Å². The van der Waals surface area contributed by atoms with Crippen molar-refractivity contribution in [3.8, 4) is 0 Å². The highest BCUT2D eigenvalue weighted by Crippen LogP contribution is 2.33. The van der Waals surface area contributed by atoms with Crippen LogP contribution in [0, 0.1) is 6.92 Å². The minimum absolute atomic E-state index is 0.0124. The fourth-order valence-corrected chi connectivity index (χ4v) is 4.30. The minimum Gasteiger partial charge on any atom is -0.475 e. The number of alkyl halides is 3. The number of halogens is 3. The molecule has 1 saturated carbocycles. The summed E-state index contributed by atoms with van der Waals surface area (Å²) < 4.78 is 48.9. The summed E-state index contributed by atoms with van der Waals surface area (Å²) in [6.45, 7) is 6.21. The van der Waals surface area contributed by atoms with E-state index in [9.17, 15) is 18.0 Å². The number of morpholine rings is 1. The lowest BCUT2D eigenvalue weighted by molar-refractivity contribution is -0.192. The number of hydrogen-bond acceptors (Lipinski definition) is 7. The molecule has 1 N–H and O–H groups in total. The monoisotopic (exact) mass is 463 g/mol. The second-order valence-electron chi connectivity index (χ2n) is 8.12. The van der Waals surface area contributed by atoms with Crippen LogP contribution in [0.4, 0.5) is 13.2 Å². The van der Waals surface area contributed by atoms with Gasteiger partial charge in [0.2, 0.25) is 5.91 Å². The average molecular weight is 463 g/mol. The SMILES string of the molecule is Cc1cc(CN2CCO[C@H]3[C@H](OCC(=O)N4CCCC4)CC[C@@H]32)no1.O=C(O)C(F)(F)F. The first kappa shape index (κ1) is 24.5. The van der Waals surface area contributed by atoms with Crippen LogP contribution < -0.4 is 0 Å². The van der Waals surface area contributed by atoms with Gasteiger partial charge in [-0.1, -0.05) is 5.16 Å². The van der Waals surface area contributed by atoms with E-state index in [0.29, 0.717) is 12.6 Å². The Balaban J connectivity index is 0.000000360. The summed E-state index contributed by atoms with van der Waals surface area (Å²) in [5.41, 5.74) is 0.965. The summed E-state index contributed by atoms with van der Waals surface area (Å²) in [7, 11) is 0. The smallest absolute Gasteiger partial charge is 0.475 e. The van der Waals surface area contributed by atoms with Crippen molar-refractivity contribution in [1.29, 1.82) is 0 Å². The lowest BCUT2D eigenvalue weighted by Crippen LogP contribution is -2.51. The molecule has 32 heavy (non-hydrogen) atoms. The van der Waals surface area contributed by atoms with Gasteiger partial charge in [-0.15, -0.1) is 0 Å². The third-order valence-corrected chi connectivity index (χ3v) is 5.81. The molecule has 2 aliphatic heterocycles. The second-order valence-corrected chi connectivity index (χ2v) is 8.12. The third kappa shape index (κ3) is 6.42. The number of nitrogens with zero attached hydrogens (tertiary/aromatic N) is 3. The van der Waals surface area contributed by atoms with Crippen molar-refractivity contribution >= 4 is 11.9 Å². The highest BCUT2D eigenvalue weighted by Gasteiger charge is 2.43. The average Bonchev–Trinajstić information content (AvgIpc) is 3.47. The van der Waals surface area contributed by atoms with Crippen molar-refractivity contribution in [3.05, 3.63) is 17.5 Å². The maximum Gasteiger partial charge on any atom is 0.490 e. The summed E-state index contributed by atoms with van der Waals surface area (Å²) in [6, 6.07) is 2.32. The van der Waals surface area contributed by atoms with Crippen LogP contribution in [0.15, 0.2) is 10.6 Å². The molecule has 1 amide bonds. The van der Waals surface area contributed by atoms with Crippen LogP contribution in [0.2, 0.25) is 0 Å². The van der Waals surface area contributed by atoms with Gasteiger partial charge in [-0.05, 0) is 32.6 Å². The van der Waals surface area contributed by atoms with E-state index >= 15 is 0 Å². The fraction of sp³-hybridized carbons (Fsp3) is 0.750. The van der Waals surface area contributed by atoms with Gasteiger partial charge >= 0.3 is 12.1 Å². The highest BCUT2D eigenvalue weighted by atomic mass is 19.4. The third-order valence-electron chi connectivity index (χ3n) is 5.81. The zero-order chi connectivity index (χ0) is 23.3. The quantitative estimate of drug-likeness (QED) is 0.707. The zero-order valence-electron chi connectivity index (χ0n) is 17.8. The molecule has 1 aliphatic carbocycles. The molecule has 4 rings (SSSR count). The van der Waals surface area contributed by atoms with E-state index in [0.717, 1.165) is 63.3 Å². The van der Waals surface area contributed by atoms with Gasteiger partial charge in [0.25, 0.3) is 0 Å². The second kappa shape index (κ2) is 10.6. The van der Waals surface area contributed by atoms with Crippen molar-refractivity contribution in [2.45, 2.75) is 63.6 Å². The largest absolute Gasteiger partial charge is 0.490 e. The number of aryl methyl sites for hydroxylation is 1. The topological polar surface area (TPSA) is 105 Å². The number of amides is 1. The van der Waals surface area contributed by atoms with Gasteiger partial charge in [0, 0.05) is 38.3 Å². The Kier molecular flexibility index (Phi) is 8.12. The van der Waals surface area contributed by atoms with Crippen LogP contribution in [0.5, 0.6) is 0 Å². The van der Waals surface area contributed by atoms with Gasteiger partial charge in [0.1, 0.15) is 12.4 Å². The maximum atomic E-state index is 12.2. The molecule has 0 unspecified atom stereocenters. The van der Waals surface area contributed by atoms with Crippen LogP contribution in [0.1, 0.15) is 37.1 Å². The molecule has 3 heterocycles. The molecule has 1 aromatic rings. The molecule has 12 heteroatoms. The number of carboxylic acids is 1. The number of rotatable bonds is 5. The molecule has 3 atom stereocenters. The number of likely N-dealkylation sites (tertiary alicyclic amines) is 1. The predicted octanol–water partition coefficient (Wildman–Crippen LogP) is 1.99. The van der Waals surface area contributed by atoms with Gasteiger partial charge in [0.05, 0.1) is 24.5 Å². The van der Waals surface area contributed by atoms with Crippen molar-refractivity contribution in [1.82, 2.24) is 15.0 Å². The Bertz CT molecular complexity index is 781. The highest BCUT2D eigenvalue weighted by molar-refractivity contribution is 5.77. The summed E-state index contributed by atoms with van der Waals surface area (Å²) in [5, 5.41) is 11.2. The maximum absolute atomic E-state index is 12.2. The summed E-state index contributed by atoms with van der Waals surface area (Å²) in [5.74, 6) is -1.80. The van der Waals surface area contributed by atoms with E-state index in [1.807, 2.05) is 17.9 Å². The Labute approximate surface area is 183 Å². The molecule has 1 aromatic heterocycles. The molecule has 0 radical (unpaired) electrons. The van der Waals surface area contributed by atoms with Crippen molar-refractivity contribution in [2.24, 2.45) is 0 Å². The summed E-state index contributed by atoms with van der Waals surface area (Å²) >= 11 is 0. The van der Waals surface area contributed by atoms with Crippen LogP contribution in [-0.4, -0.2) is 89.2 Å². The van der Waals surface area contributed by atoms with E-state index in [2.05, 4.69) is 10.1 Å². The normalized spacial score (nSPS) is 25.9. The predicted molar refractivity (Wildman–Crippen MR) is 104 cm³/mol. The van der Waals surface area contributed by atoms with Gasteiger partial charge in [-0.2, -0.15) is 13.2 Å². The number of carboxylic acid groups (broad SMARTS) is 1. The zero-order valence-corrected chi connectivity index (χ0v) is 17.8. The lowest BCUT2D eigenvalue weighted by atomic mass is 10.1. The number of hydrogen-bond donors (Lipinski definition) is 1. The van der Waals surface area contributed by atoms with Gasteiger partial charge in [0.15, 0.2) is 0 Å². The van der Waals surface area contributed by atoms with E-state index in [4.69, 9.17) is 23.9 Å². The van der Waals surface area contributed by atoms with E-state index in [1.54, 1.807) is 0 Å². The van der Waals surface area contributed by atoms with Crippen LogP contribution in [0.3, 0.4) is 0 Å². The first-order valence-corrected chi connectivity index (χ1v) is 10.6. The molecular weight excluding hydrogens is 435 g/mol. The van der Waals surface area contributed by atoms with Gasteiger partial charge in [-0.25, -0.2) is 4.79 Å². The van der Waals surface area contributed by atoms with Gasteiger partial charge < -0.3 is 24.0 Å². The summed E-state index contributed by atoms with van der Waals surface area (Å²) in [6.07, 6.45) is -0.827. The van der Waals surface area contributed by atoms with E-state index in [-0.39, 0.29) is 24.7 Å². The van der Waals surface area contributed by atoms with E-state index < -0.39 is 12.1 Å². The van der Waals surface area contributed by atoms with Crippen molar-refractivity contribution in [3.63, 3.8) is 0 Å². The Morgan fingerprint density at radius 1 is 1.25 bits per heavy atom. The van der Waals surface area contributed by atoms with Crippen LogP contribution in [0.25, 0.3) is 0 Å². The first-order valence-electron chi connectivity index (χ1n) is 10.6. The van der Waals surface area contributed by atoms with Crippen LogP contribution in [-0.2, 0) is 25.6 Å². The Morgan fingerprint density at radius 2 is 1.94 bits per heavy atom.